The number of β-lactam (4-membered cyclic amide) rings is 1. The number of nitrogens with zero attached hydrogens (tertiary/aromatic N) is 1. The third-order valence-corrected chi connectivity index (χ3v) is 3.52. The van der Waals surface area contributed by atoms with Crippen LogP contribution in [0.5, 0.6) is 5.75 Å². The number of rotatable bonds is 7. The largest absolute Gasteiger partial charge is 0.497 e. The smallest absolute Gasteiger partial charge is 0.253 e. The van der Waals surface area contributed by atoms with E-state index >= 15 is 0 Å². The van der Waals surface area contributed by atoms with Crippen LogP contribution in [0.3, 0.4) is 0 Å². The molecule has 1 amide bonds. The Hall–Kier alpha value is -1.59. The Morgan fingerprint density at radius 1 is 1.40 bits per heavy atom. The number of ether oxygens (including phenoxy) is 1. The van der Waals surface area contributed by atoms with E-state index in [0.29, 0.717) is 19.6 Å². The molecule has 5 heteroatoms. The lowest BCUT2D eigenvalue weighted by molar-refractivity contribution is -0.233. The Morgan fingerprint density at radius 2 is 2.10 bits per heavy atom. The van der Waals surface area contributed by atoms with Crippen LogP contribution in [0.25, 0.3) is 0 Å². The van der Waals surface area contributed by atoms with Crippen LogP contribution >= 0.6 is 0 Å². The Balaban J connectivity index is 1.77. The minimum atomic E-state index is -0.548. The van der Waals surface area contributed by atoms with Crippen molar-refractivity contribution < 1.29 is 19.5 Å². The lowest BCUT2D eigenvalue weighted by Gasteiger charge is -2.39. The van der Waals surface area contributed by atoms with Crippen molar-refractivity contribution in [2.75, 3.05) is 13.7 Å². The van der Waals surface area contributed by atoms with Crippen LogP contribution in [0.1, 0.15) is 25.3 Å². The first kappa shape index (κ1) is 14.8. The van der Waals surface area contributed by atoms with Gasteiger partial charge in [0.2, 0.25) is 0 Å². The molecule has 0 radical (unpaired) electrons. The monoisotopic (exact) mass is 279 g/mol. The first-order valence-corrected chi connectivity index (χ1v) is 6.91. The highest BCUT2D eigenvalue weighted by molar-refractivity contribution is 5.84. The van der Waals surface area contributed by atoms with Crippen LogP contribution in [0, 0.1) is 5.92 Å². The highest BCUT2D eigenvalue weighted by Crippen LogP contribution is 2.24. The van der Waals surface area contributed by atoms with E-state index in [1.165, 1.54) is 5.06 Å². The van der Waals surface area contributed by atoms with Crippen molar-refractivity contribution in [2.24, 2.45) is 5.92 Å². The molecule has 1 fully saturated rings. The van der Waals surface area contributed by atoms with Gasteiger partial charge in [-0.3, -0.25) is 9.63 Å². The molecule has 2 atom stereocenters. The topological polar surface area (TPSA) is 59.0 Å². The summed E-state index contributed by atoms with van der Waals surface area (Å²) in [6.45, 7) is 2.80. The van der Waals surface area contributed by atoms with Gasteiger partial charge in [0, 0.05) is 0 Å². The zero-order valence-corrected chi connectivity index (χ0v) is 11.9. The van der Waals surface area contributed by atoms with Gasteiger partial charge >= 0.3 is 0 Å². The quantitative estimate of drug-likeness (QED) is 0.772. The highest BCUT2D eigenvalue weighted by Gasteiger charge is 2.42. The van der Waals surface area contributed by atoms with Crippen LogP contribution < -0.4 is 4.74 Å². The fraction of sp³-hybridized carbons (Fsp3) is 0.533. The predicted octanol–water partition coefficient (Wildman–Crippen LogP) is 1.75. The Kier molecular flexibility index (Phi) is 4.98. The number of aliphatic hydroxyl groups is 1. The molecular weight excluding hydrogens is 258 g/mol. The minimum absolute atomic E-state index is 0.125. The van der Waals surface area contributed by atoms with Crippen molar-refractivity contribution in [2.45, 2.75) is 32.5 Å². The van der Waals surface area contributed by atoms with E-state index < -0.39 is 6.10 Å². The number of benzene rings is 1. The average Bonchev–Trinajstić information content (AvgIpc) is 2.46. The van der Waals surface area contributed by atoms with E-state index in [1.807, 2.05) is 31.2 Å². The van der Waals surface area contributed by atoms with Crippen molar-refractivity contribution in [1.29, 1.82) is 0 Å². The molecule has 1 N–H and O–H groups in total. The van der Waals surface area contributed by atoms with Gasteiger partial charge in [0.05, 0.1) is 25.7 Å². The van der Waals surface area contributed by atoms with Crippen LogP contribution in [-0.4, -0.2) is 35.8 Å². The van der Waals surface area contributed by atoms with Crippen molar-refractivity contribution in [3.63, 3.8) is 0 Å². The van der Waals surface area contributed by atoms with Crippen LogP contribution in [0.15, 0.2) is 24.3 Å². The summed E-state index contributed by atoms with van der Waals surface area (Å²) in [6.07, 6.45) is 0.980. The van der Waals surface area contributed by atoms with E-state index in [1.54, 1.807) is 7.11 Å². The minimum Gasteiger partial charge on any atom is -0.497 e. The number of amides is 1. The molecule has 0 aromatic heterocycles. The third-order valence-electron chi connectivity index (χ3n) is 3.52. The molecule has 1 aliphatic heterocycles. The van der Waals surface area contributed by atoms with Crippen LogP contribution in [-0.2, 0) is 16.2 Å². The fourth-order valence-electron chi connectivity index (χ4n) is 2.19. The molecular formula is C15H21NO4. The molecule has 20 heavy (non-hydrogen) atoms. The van der Waals surface area contributed by atoms with Gasteiger partial charge in [-0.05, 0) is 24.1 Å². The van der Waals surface area contributed by atoms with E-state index in [9.17, 15) is 9.90 Å². The maximum atomic E-state index is 11.8. The zero-order valence-electron chi connectivity index (χ0n) is 11.9. The number of hydrogen-bond donors (Lipinski definition) is 1. The summed E-state index contributed by atoms with van der Waals surface area (Å²) in [5, 5.41) is 11.1. The van der Waals surface area contributed by atoms with Gasteiger partial charge in [-0.2, -0.15) is 0 Å². The maximum Gasteiger partial charge on any atom is 0.253 e. The Morgan fingerprint density at radius 3 is 2.65 bits per heavy atom. The SMILES string of the molecule is CCC[C@@H](O)[C@H]1CN(OCc2ccc(OC)cc2)C1=O. The number of methoxy groups -OCH3 is 1. The molecule has 110 valence electrons. The molecule has 0 saturated carbocycles. The van der Waals surface area contributed by atoms with Crippen molar-refractivity contribution in [3.05, 3.63) is 29.8 Å². The molecule has 1 saturated heterocycles. The summed E-state index contributed by atoms with van der Waals surface area (Å²) < 4.78 is 5.07. The Labute approximate surface area is 119 Å². The summed E-state index contributed by atoms with van der Waals surface area (Å²) in [7, 11) is 1.62. The van der Waals surface area contributed by atoms with Crippen molar-refractivity contribution >= 4 is 5.91 Å². The third kappa shape index (κ3) is 3.29. The number of carbonyl (C=O) groups is 1. The van der Waals surface area contributed by atoms with E-state index in [4.69, 9.17) is 9.57 Å². The lowest BCUT2D eigenvalue weighted by atomic mass is 9.92. The average molecular weight is 279 g/mol. The normalized spacial score (nSPS) is 19.6. The molecule has 0 bridgehead atoms. The molecule has 0 aliphatic carbocycles. The first-order chi connectivity index (χ1) is 9.65. The van der Waals surface area contributed by atoms with Crippen molar-refractivity contribution in [3.8, 4) is 5.75 Å². The predicted molar refractivity (Wildman–Crippen MR) is 73.9 cm³/mol. The van der Waals surface area contributed by atoms with E-state index in [-0.39, 0.29) is 11.8 Å². The first-order valence-electron chi connectivity index (χ1n) is 6.91. The summed E-state index contributed by atoms with van der Waals surface area (Å²) in [5.41, 5.74) is 0.969. The second-order valence-corrected chi connectivity index (χ2v) is 4.98. The number of aliphatic hydroxyl groups excluding tert-OH is 1. The molecule has 0 unspecified atom stereocenters. The Bertz CT molecular complexity index is 446. The molecule has 1 aliphatic rings. The molecule has 0 spiro atoms. The summed E-state index contributed by atoms with van der Waals surface area (Å²) in [6, 6.07) is 7.49. The lowest BCUT2D eigenvalue weighted by Crippen LogP contribution is -2.56. The zero-order chi connectivity index (χ0) is 14.5. The van der Waals surface area contributed by atoms with E-state index in [2.05, 4.69) is 0 Å². The fourth-order valence-corrected chi connectivity index (χ4v) is 2.19. The summed E-state index contributed by atoms with van der Waals surface area (Å²) in [4.78, 5) is 17.3. The van der Waals surface area contributed by atoms with Gasteiger partial charge in [0.25, 0.3) is 5.91 Å². The summed E-state index contributed by atoms with van der Waals surface area (Å²) in [5.74, 6) is 0.363. The van der Waals surface area contributed by atoms with E-state index in [0.717, 1.165) is 17.7 Å². The molecule has 2 rings (SSSR count). The number of carbonyl (C=O) groups excluding carboxylic acids is 1. The second kappa shape index (κ2) is 6.72. The van der Waals surface area contributed by atoms with Crippen LogP contribution in [0.4, 0.5) is 0 Å². The number of hydrogen-bond acceptors (Lipinski definition) is 4. The highest BCUT2D eigenvalue weighted by atomic mass is 16.7. The molecule has 1 aromatic rings. The maximum absolute atomic E-state index is 11.8. The van der Waals surface area contributed by atoms with Gasteiger partial charge in [0.15, 0.2) is 0 Å². The molecule has 5 nitrogen and oxygen atoms in total. The second-order valence-electron chi connectivity index (χ2n) is 4.98. The molecule has 1 aromatic carbocycles. The van der Waals surface area contributed by atoms with Crippen LogP contribution in [0.2, 0.25) is 0 Å². The van der Waals surface area contributed by atoms with Gasteiger partial charge < -0.3 is 9.84 Å². The standard InChI is InChI=1S/C15H21NO4/c1-3-4-14(17)13-9-16(15(13)18)20-10-11-5-7-12(19-2)8-6-11/h5-8,13-14,17H,3-4,9-10H2,1-2H3/t13-,14-/m1/s1. The molecule has 1 heterocycles. The number of hydroxylamine groups is 2. The van der Waals surface area contributed by atoms with Gasteiger partial charge in [-0.1, -0.05) is 25.5 Å². The summed E-state index contributed by atoms with van der Waals surface area (Å²) >= 11 is 0. The van der Waals surface area contributed by atoms with Gasteiger partial charge in [-0.15, -0.1) is 0 Å². The van der Waals surface area contributed by atoms with Gasteiger partial charge in [-0.25, -0.2) is 5.06 Å². The van der Waals surface area contributed by atoms with Crippen molar-refractivity contribution in [1.82, 2.24) is 5.06 Å². The van der Waals surface area contributed by atoms with Gasteiger partial charge in [0.1, 0.15) is 12.4 Å².